The molecule has 0 aliphatic carbocycles. The second-order valence-electron chi connectivity index (χ2n) is 2.95. The summed E-state index contributed by atoms with van der Waals surface area (Å²) in [4.78, 5) is 7.51. The monoisotopic (exact) mass is 172 g/mol. The molecule has 0 aromatic carbocycles. The molecule has 0 spiro atoms. The maximum absolute atomic E-state index is 4.30. The van der Waals surface area contributed by atoms with Crippen LogP contribution in [0.15, 0.2) is 36.7 Å². The maximum Gasteiger partial charge on any atom is 0.0867 e. The molecule has 1 N–H and O–H groups in total. The number of nitrogens with zero attached hydrogens (tertiary/aromatic N) is 1. The number of aryl methyl sites for hydroxylation is 1. The SMILES string of the molecule is CCc1cc[nH]c1-c1ccccn1. The van der Waals surface area contributed by atoms with Gasteiger partial charge in [0.05, 0.1) is 11.4 Å². The van der Waals surface area contributed by atoms with Gasteiger partial charge in [0.25, 0.3) is 0 Å². The molecule has 0 saturated heterocycles. The molecule has 2 heteroatoms. The Labute approximate surface area is 77.6 Å². The van der Waals surface area contributed by atoms with Crippen molar-refractivity contribution in [3.63, 3.8) is 0 Å². The van der Waals surface area contributed by atoms with Gasteiger partial charge in [0.2, 0.25) is 0 Å². The molecule has 13 heavy (non-hydrogen) atoms. The highest BCUT2D eigenvalue weighted by Crippen LogP contribution is 2.19. The number of hydrogen-bond acceptors (Lipinski definition) is 1. The number of H-pyrrole nitrogens is 1. The van der Waals surface area contributed by atoms with E-state index in [1.54, 1.807) is 0 Å². The van der Waals surface area contributed by atoms with E-state index in [9.17, 15) is 0 Å². The Morgan fingerprint density at radius 3 is 2.92 bits per heavy atom. The smallest absolute Gasteiger partial charge is 0.0867 e. The van der Waals surface area contributed by atoms with E-state index in [0.717, 1.165) is 17.8 Å². The van der Waals surface area contributed by atoms with Gasteiger partial charge in [-0.05, 0) is 30.2 Å². The summed E-state index contributed by atoms with van der Waals surface area (Å²) in [5.74, 6) is 0. The van der Waals surface area contributed by atoms with E-state index in [0.29, 0.717) is 0 Å². The van der Waals surface area contributed by atoms with Crippen molar-refractivity contribution >= 4 is 0 Å². The Kier molecular flexibility index (Phi) is 2.13. The van der Waals surface area contributed by atoms with Gasteiger partial charge in [0, 0.05) is 12.4 Å². The predicted octanol–water partition coefficient (Wildman–Crippen LogP) is 2.64. The lowest BCUT2D eigenvalue weighted by molar-refractivity contribution is 1.14. The lowest BCUT2D eigenvalue weighted by Gasteiger charge is -1.99. The van der Waals surface area contributed by atoms with Crippen LogP contribution in [0, 0.1) is 0 Å². The van der Waals surface area contributed by atoms with E-state index >= 15 is 0 Å². The first-order valence-corrected chi connectivity index (χ1v) is 4.49. The van der Waals surface area contributed by atoms with Crippen LogP contribution in [0.3, 0.4) is 0 Å². The zero-order valence-electron chi connectivity index (χ0n) is 7.62. The lowest BCUT2D eigenvalue weighted by Crippen LogP contribution is -1.86. The summed E-state index contributed by atoms with van der Waals surface area (Å²) >= 11 is 0. The van der Waals surface area contributed by atoms with Crippen LogP contribution in [0.5, 0.6) is 0 Å². The van der Waals surface area contributed by atoms with E-state index in [-0.39, 0.29) is 0 Å². The predicted molar refractivity (Wildman–Crippen MR) is 53.4 cm³/mol. The molecule has 0 aliphatic heterocycles. The Bertz CT molecular complexity index is 376. The molecule has 2 heterocycles. The van der Waals surface area contributed by atoms with E-state index in [1.165, 1.54) is 5.56 Å². The van der Waals surface area contributed by atoms with Gasteiger partial charge in [0.1, 0.15) is 0 Å². The van der Waals surface area contributed by atoms with Gasteiger partial charge in [0.15, 0.2) is 0 Å². The van der Waals surface area contributed by atoms with Crippen molar-refractivity contribution in [2.45, 2.75) is 13.3 Å². The summed E-state index contributed by atoms with van der Waals surface area (Å²) in [5.41, 5.74) is 3.48. The van der Waals surface area contributed by atoms with E-state index in [4.69, 9.17) is 0 Å². The molecule has 0 fully saturated rings. The van der Waals surface area contributed by atoms with Crippen LogP contribution >= 0.6 is 0 Å². The maximum atomic E-state index is 4.30. The largest absolute Gasteiger partial charge is 0.360 e. The second-order valence-corrected chi connectivity index (χ2v) is 2.95. The summed E-state index contributed by atoms with van der Waals surface area (Å²) in [6, 6.07) is 8.05. The fraction of sp³-hybridized carbons (Fsp3) is 0.182. The molecule has 0 unspecified atom stereocenters. The van der Waals surface area contributed by atoms with Gasteiger partial charge in [-0.3, -0.25) is 4.98 Å². The quantitative estimate of drug-likeness (QED) is 0.741. The number of pyridine rings is 1. The number of nitrogens with one attached hydrogen (secondary N) is 1. The molecular formula is C11H12N2. The molecule has 0 atom stereocenters. The van der Waals surface area contributed by atoms with E-state index in [2.05, 4.69) is 23.0 Å². The number of rotatable bonds is 2. The fourth-order valence-electron chi connectivity index (χ4n) is 1.45. The van der Waals surface area contributed by atoms with Crippen molar-refractivity contribution in [3.05, 3.63) is 42.2 Å². The highest BCUT2D eigenvalue weighted by atomic mass is 14.8. The fourth-order valence-corrected chi connectivity index (χ4v) is 1.45. The standard InChI is InChI=1S/C11H12N2/c1-2-9-6-8-13-11(9)10-5-3-4-7-12-10/h3-8,13H,2H2,1H3. The van der Waals surface area contributed by atoms with Crippen LogP contribution in [0.4, 0.5) is 0 Å². The average molecular weight is 172 g/mol. The van der Waals surface area contributed by atoms with Crippen molar-refractivity contribution in [3.8, 4) is 11.4 Å². The van der Waals surface area contributed by atoms with Crippen molar-refractivity contribution in [2.24, 2.45) is 0 Å². The van der Waals surface area contributed by atoms with Crippen LogP contribution < -0.4 is 0 Å². The molecule has 66 valence electrons. The molecule has 0 saturated carbocycles. The Morgan fingerprint density at radius 2 is 2.23 bits per heavy atom. The normalized spacial score (nSPS) is 10.2. The molecular weight excluding hydrogens is 160 g/mol. The average Bonchev–Trinajstić information content (AvgIpc) is 2.67. The highest BCUT2D eigenvalue weighted by Gasteiger charge is 2.03. The summed E-state index contributed by atoms with van der Waals surface area (Å²) in [6.07, 6.45) is 4.81. The van der Waals surface area contributed by atoms with Crippen LogP contribution in [0.2, 0.25) is 0 Å². The minimum atomic E-state index is 1.02. The summed E-state index contributed by atoms with van der Waals surface area (Å²) < 4.78 is 0. The summed E-state index contributed by atoms with van der Waals surface area (Å²) in [7, 11) is 0. The molecule has 0 amide bonds. The van der Waals surface area contributed by atoms with Gasteiger partial charge < -0.3 is 4.98 Å². The van der Waals surface area contributed by atoms with Crippen molar-refractivity contribution in [1.29, 1.82) is 0 Å². The highest BCUT2D eigenvalue weighted by molar-refractivity contribution is 5.58. The van der Waals surface area contributed by atoms with Crippen LogP contribution in [-0.4, -0.2) is 9.97 Å². The van der Waals surface area contributed by atoms with Gasteiger partial charge in [-0.2, -0.15) is 0 Å². The van der Waals surface area contributed by atoms with E-state index < -0.39 is 0 Å². The molecule has 2 rings (SSSR count). The van der Waals surface area contributed by atoms with Crippen LogP contribution in [0.25, 0.3) is 11.4 Å². The van der Waals surface area contributed by atoms with Gasteiger partial charge >= 0.3 is 0 Å². The number of hydrogen-bond donors (Lipinski definition) is 1. The lowest BCUT2D eigenvalue weighted by atomic mass is 10.1. The molecule has 0 bridgehead atoms. The Morgan fingerprint density at radius 1 is 1.31 bits per heavy atom. The first-order valence-electron chi connectivity index (χ1n) is 4.49. The van der Waals surface area contributed by atoms with Gasteiger partial charge in [-0.15, -0.1) is 0 Å². The summed E-state index contributed by atoms with van der Waals surface area (Å²) in [5, 5.41) is 0. The zero-order valence-corrected chi connectivity index (χ0v) is 7.62. The minimum Gasteiger partial charge on any atom is -0.360 e. The van der Waals surface area contributed by atoms with Gasteiger partial charge in [-0.25, -0.2) is 0 Å². The van der Waals surface area contributed by atoms with Crippen LogP contribution in [-0.2, 0) is 6.42 Å². The van der Waals surface area contributed by atoms with E-state index in [1.807, 2.05) is 30.6 Å². The van der Waals surface area contributed by atoms with Crippen LogP contribution in [0.1, 0.15) is 12.5 Å². The third-order valence-corrected chi connectivity index (χ3v) is 2.14. The Hall–Kier alpha value is -1.57. The first-order chi connectivity index (χ1) is 6.42. The van der Waals surface area contributed by atoms with Crippen molar-refractivity contribution in [2.75, 3.05) is 0 Å². The molecule has 0 aliphatic rings. The molecule has 2 aromatic heterocycles. The Balaban J connectivity index is 2.47. The topological polar surface area (TPSA) is 28.7 Å². The number of aromatic nitrogens is 2. The molecule has 2 aromatic rings. The number of aromatic amines is 1. The minimum absolute atomic E-state index is 1.02. The zero-order chi connectivity index (χ0) is 9.10. The second kappa shape index (κ2) is 3.44. The summed E-state index contributed by atoms with van der Waals surface area (Å²) in [6.45, 7) is 2.15. The first kappa shape index (κ1) is 8.05. The third kappa shape index (κ3) is 1.47. The third-order valence-electron chi connectivity index (χ3n) is 2.14. The van der Waals surface area contributed by atoms with Crippen molar-refractivity contribution < 1.29 is 0 Å². The van der Waals surface area contributed by atoms with Crippen molar-refractivity contribution in [1.82, 2.24) is 9.97 Å². The van der Waals surface area contributed by atoms with Gasteiger partial charge in [-0.1, -0.05) is 13.0 Å². The molecule has 0 radical (unpaired) electrons. The molecule has 2 nitrogen and oxygen atoms in total.